The summed E-state index contributed by atoms with van der Waals surface area (Å²) in [7, 11) is 1.98. The van der Waals surface area contributed by atoms with Crippen LogP contribution in [-0.4, -0.2) is 20.4 Å². The van der Waals surface area contributed by atoms with Crippen LogP contribution in [0.2, 0.25) is 0 Å². The summed E-state index contributed by atoms with van der Waals surface area (Å²) in [6.45, 7) is 2.11. The van der Waals surface area contributed by atoms with E-state index in [-0.39, 0.29) is 11.2 Å². The van der Waals surface area contributed by atoms with Crippen molar-refractivity contribution in [1.29, 1.82) is 0 Å². The number of aryl methyl sites for hydroxylation is 2. The first-order valence-electron chi connectivity index (χ1n) is 6.94. The summed E-state index contributed by atoms with van der Waals surface area (Å²) in [5.74, 6) is -0.203. The third-order valence-corrected chi connectivity index (χ3v) is 6.02. The van der Waals surface area contributed by atoms with Crippen molar-refractivity contribution in [3.63, 3.8) is 0 Å². The Kier molecular flexibility index (Phi) is 5.60. The van der Waals surface area contributed by atoms with Gasteiger partial charge in [0.2, 0.25) is 0 Å². The number of rotatable bonds is 6. The van der Waals surface area contributed by atoms with Crippen LogP contribution in [0.4, 0.5) is 4.39 Å². The SMILES string of the molecule is CCc1cc(CC(CBr)(CBr)c2ccc(F)cc2)n(C)n1. The fraction of sp³-hybridized carbons (Fsp3) is 0.438. The molecule has 114 valence electrons. The molecule has 0 amide bonds. The molecule has 1 aromatic carbocycles. The molecule has 1 aromatic heterocycles. The van der Waals surface area contributed by atoms with E-state index in [1.165, 1.54) is 17.8 Å². The number of aromatic nitrogens is 2. The lowest BCUT2D eigenvalue weighted by molar-refractivity contribution is 0.521. The van der Waals surface area contributed by atoms with Crippen molar-refractivity contribution < 1.29 is 4.39 Å². The first-order valence-corrected chi connectivity index (χ1v) is 9.18. The lowest BCUT2D eigenvalue weighted by atomic mass is 9.80. The second-order valence-corrected chi connectivity index (χ2v) is 6.46. The first-order chi connectivity index (χ1) is 10.0. The molecule has 0 spiro atoms. The van der Waals surface area contributed by atoms with Crippen molar-refractivity contribution in [2.24, 2.45) is 7.05 Å². The molecule has 0 saturated heterocycles. The van der Waals surface area contributed by atoms with E-state index in [0.29, 0.717) is 0 Å². The number of benzene rings is 1. The molecule has 0 unspecified atom stereocenters. The van der Waals surface area contributed by atoms with E-state index in [1.807, 2.05) is 23.9 Å². The van der Waals surface area contributed by atoms with Gasteiger partial charge in [0.05, 0.1) is 5.69 Å². The Hall–Kier alpha value is -0.680. The summed E-state index contributed by atoms with van der Waals surface area (Å²) in [5, 5.41) is 6.11. The Morgan fingerprint density at radius 2 is 1.81 bits per heavy atom. The van der Waals surface area contributed by atoms with Crippen molar-refractivity contribution in [1.82, 2.24) is 9.78 Å². The second-order valence-electron chi connectivity index (χ2n) is 5.34. The normalized spacial score (nSPS) is 11.9. The van der Waals surface area contributed by atoms with Crippen molar-refractivity contribution >= 4 is 31.9 Å². The third-order valence-electron chi connectivity index (χ3n) is 3.88. The van der Waals surface area contributed by atoms with Gasteiger partial charge in [0.1, 0.15) is 5.82 Å². The van der Waals surface area contributed by atoms with Crippen LogP contribution < -0.4 is 0 Å². The van der Waals surface area contributed by atoms with Crippen molar-refractivity contribution in [3.05, 3.63) is 53.1 Å². The molecular formula is C16H19Br2FN2. The van der Waals surface area contributed by atoms with E-state index in [2.05, 4.69) is 49.9 Å². The second kappa shape index (κ2) is 7.05. The smallest absolute Gasteiger partial charge is 0.123 e. The van der Waals surface area contributed by atoms with E-state index in [4.69, 9.17) is 0 Å². The number of nitrogens with zero attached hydrogens (tertiary/aromatic N) is 2. The monoisotopic (exact) mass is 416 g/mol. The van der Waals surface area contributed by atoms with Crippen molar-refractivity contribution in [2.75, 3.05) is 10.7 Å². The lowest BCUT2D eigenvalue weighted by Gasteiger charge is -2.30. The molecule has 0 atom stereocenters. The molecule has 0 bridgehead atoms. The molecule has 0 radical (unpaired) electrons. The minimum Gasteiger partial charge on any atom is -0.272 e. The summed E-state index contributed by atoms with van der Waals surface area (Å²) in [5.41, 5.74) is 3.29. The molecule has 21 heavy (non-hydrogen) atoms. The number of halogens is 3. The summed E-state index contributed by atoms with van der Waals surface area (Å²) < 4.78 is 15.1. The molecule has 2 nitrogen and oxygen atoms in total. The highest BCUT2D eigenvalue weighted by molar-refractivity contribution is 9.09. The molecule has 0 aliphatic carbocycles. The summed E-state index contributed by atoms with van der Waals surface area (Å²) in [6, 6.07) is 8.94. The van der Waals surface area contributed by atoms with Crippen LogP contribution in [0.1, 0.15) is 23.9 Å². The topological polar surface area (TPSA) is 17.8 Å². The van der Waals surface area contributed by atoms with Crippen LogP contribution in [0, 0.1) is 5.82 Å². The van der Waals surface area contributed by atoms with Crippen LogP contribution in [-0.2, 0) is 25.3 Å². The van der Waals surface area contributed by atoms with Gasteiger partial charge in [-0.3, -0.25) is 4.68 Å². The van der Waals surface area contributed by atoms with Gasteiger partial charge in [0.15, 0.2) is 0 Å². The Labute approximate surface area is 142 Å². The molecule has 0 aliphatic heterocycles. The maximum absolute atomic E-state index is 13.2. The molecule has 5 heteroatoms. The maximum Gasteiger partial charge on any atom is 0.123 e. The maximum atomic E-state index is 13.2. The average Bonchev–Trinajstić information content (AvgIpc) is 2.86. The van der Waals surface area contributed by atoms with Gasteiger partial charge in [-0.05, 0) is 30.2 Å². The fourth-order valence-corrected chi connectivity index (χ4v) is 4.42. The fourth-order valence-electron chi connectivity index (χ4n) is 2.45. The van der Waals surface area contributed by atoms with E-state index in [0.717, 1.165) is 34.8 Å². The highest BCUT2D eigenvalue weighted by Crippen LogP contribution is 2.33. The molecule has 0 aliphatic rings. The van der Waals surface area contributed by atoms with Gasteiger partial charge in [0.25, 0.3) is 0 Å². The van der Waals surface area contributed by atoms with Crippen LogP contribution >= 0.6 is 31.9 Å². The Morgan fingerprint density at radius 1 is 1.19 bits per heavy atom. The number of hydrogen-bond acceptors (Lipinski definition) is 1. The molecule has 1 heterocycles. The molecule has 2 rings (SSSR count). The zero-order chi connectivity index (χ0) is 15.5. The van der Waals surface area contributed by atoms with Crippen molar-refractivity contribution in [2.45, 2.75) is 25.2 Å². The minimum atomic E-state index is -0.203. The number of hydrogen-bond donors (Lipinski definition) is 0. The molecule has 0 fully saturated rings. The molecule has 0 saturated carbocycles. The van der Waals surface area contributed by atoms with Gasteiger partial charge in [-0.1, -0.05) is 50.9 Å². The predicted octanol–water partition coefficient (Wildman–Crippen LogP) is 4.39. The minimum absolute atomic E-state index is 0.119. The number of alkyl halides is 2. The summed E-state index contributed by atoms with van der Waals surface area (Å²) in [6.07, 6.45) is 1.78. The van der Waals surface area contributed by atoms with Crippen LogP contribution in [0.5, 0.6) is 0 Å². The quantitative estimate of drug-likeness (QED) is 0.637. The molecule has 2 aromatic rings. The van der Waals surface area contributed by atoms with Gasteiger partial charge in [0, 0.05) is 35.2 Å². The van der Waals surface area contributed by atoms with Gasteiger partial charge < -0.3 is 0 Å². The summed E-state index contributed by atoms with van der Waals surface area (Å²) in [4.78, 5) is 0. The molecular weight excluding hydrogens is 399 g/mol. The lowest BCUT2D eigenvalue weighted by Crippen LogP contribution is -2.33. The van der Waals surface area contributed by atoms with E-state index in [9.17, 15) is 4.39 Å². The van der Waals surface area contributed by atoms with Gasteiger partial charge in [-0.2, -0.15) is 5.10 Å². The average molecular weight is 418 g/mol. The Morgan fingerprint density at radius 3 is 2.29 bits per heavy atom. The third kappa shape index (κ3) is 3.57. The van der Waals surface area contributed by atoms with Gasteiger partial charge >= 0.3 is 0 Å². The standard InChI is InChI=1S/C16H19Br2FN2/c1-3-14-8-15(21(2)20-14)9-16(10-17,11-18)12-4-6-13(19)7-5-12/h4-8H,3,9-11H2,1-2H3. The van der Waals surface area contributed by atoms with Crippen LogP contribution in [0.3, 0.4) is 0 Å². The van der Waals surface area contributed by atoms with E-state index in [1.54, 1.807) is 0 Å². The zero-order valence-electron chi connectivity index (χ0n) is 12.2. The van der Waals surface area contributed by atoms with E-state index < -0.39 is 0 Å². The summed E-state index contributed by atoms with van der Waals surface area (Å²) >= 11 is 7.28. The van der Waals surface area contributed by atoms with E-state index >= 15 is 0 Å². The van der Waals surface area contributed by atoms with Gasteiger partial charge in [-0.25, -0.2) is 4.39 Å². The van der Waals surface area contributed by atoms with Crippen LogP contribution in [0.15, 0.2) is 30.3 Å². The van der Waals surface area contributed by atoms with Gasteiger partial charge in [-0.15, -0.1) is 0 Å². The Bertz CT molecular complexity index is 589. The molecule has 0 N–H and O–H groups in total. The highest BCUT2D eigenvalue weighted by Gasteiger charge is 2.31. The zero-order valence-corrected chi connectivity index (χ0v) is 15.4. The Balaban J connectivity index is 2.37. The van der Waals surface area contributed by atoms with Crippen LogP contribution in [0.25, 0.3) is 0 Å². The van der Waals surface area contributed by atoms with Crippen molar-refractivity contribution in [3.8, 4) is 0 Å². The predicted molar refractivity (Wildman–Crippen MR) is 92.0 cm³/mol. The largest absolute Gasteiger partial charge is 0.272 e. The first kappa shape index (κ1) is 16.7. The highest BCUT2D eigenvalue weighted by atomic mass is 79.9.